The number of carbonyl (C=O) groups excluding carboxylic acids is 4. The first-order chi connectivity index (χ1) is 21.0. The molecule has 0 spiro atoms. The van der Waals surface area contributed by atoms with Crippen molar-refractivity contribution in [1.29, 1.82) is 0 Å². The highest BCUT2D eigenvalue weighted by Crippen LogP contribution is 2.36. The Labute approximate surface area is 265 Å². The zero-order valence-corrected chi connectivity index (χ0v) is 27.9. The Morgan fingerprint density at radius 2 is 1.34 bits per heavy atom. The van der Waals surface area contributed by atoms with E-state index in [1.807, 2.05) is 6.92 Å². The Bertz CT molecular complexity index is 1010. The van der Waals surface area contributed by atoms with Gasteiger partial charge >= 0.3 is 0 Å². The largest absolute Gasteiger partial charge is 0.301 e. The van der Waals surface area contributed by atoms with Crippen molar-refractivity contribution in [2.45, 2.75) is 117 Å². The molecule has 10 heteroatoms. The van der Waals surface area contributed by atoms with Crippen LogP contribution >= 0.6 is 0 Å². The predicted octanol–water partition coefficient (Wildman–Crippen LogP) is 3.38. The van der Waals surface area contributed by atoms with E-state index in [0.29, 0.717) is 37.6 Å². The van der Waals surface area contributed by atoms with Crippen LogP contribution in [0.5, 0.6) is 0 Å². The van der Waals surface area contributed by atoms with Crippen molar-refractivity contribution < 1.29 is 19.2 Å². The van der Waals surface area contributed by atoms with E-state index in [2.05, 4.69) is 23.6 Å². The normalized spacial score (nSPS) is 30.8. The van der Waals surface area contributed by atoms with Crippen LogP contribution in [0, 0.1) is 35.5 Å². The molecule has 2 aliphatic heterocycles. The Hall–Kier alpha value is -1.88. The smallest absolute Gasteiger partial charge is 0.240 e. The molecular weight excluding hydrogens is 556 g/mol. The van der Waals surface area contributed by atoms with Crippen molar-refractivity contribution in [3.8, 4) is 0 Å². The molecule has 2 saturated heterocycles. The van der Waals surface area contributed by atoms with Crippen molar-refractivity contribution in [2.75, 3.05) is 39.3 Å². The first-order valence-corrected chi connectivity index (χ1v) is 17.6. The van der Waals surface area contributed by atoms with Gasteiger partial charge in [-0.2, -0.15) is 0 Å². The van der Waals surface area contributed by atoms with Crippen LogP contribution in [0.3, 0.4) is 0 Å². The van der Waals surface area contributed by atoms with Gasteiger partial charge in [-0.1, -0.05) is 32.6 Å². The highest BCUT2D eigenvalue weighted by Gasteiger charge is 2.41. The van der Waals surface area contributed by atoms with Crippen LogP contribution < -0.4 is 11.7 Å². The fraction of sp³-hybridized carbons (Fsp3) is 0.882. The van der Waals surface area contributed by atoms with Gasteiger partial charge in [-0.05, 0) is 91.1 Å². The zero-order chi connectivity index (χ0) is 32.0. The van der Waals surface area contributed by atoms with E-state index < -0.39 is 0 Å². The summed E-state index contributed by atoms with van der Waals surface area (Å²) >= 11 is 0. The average Bonchev–Trinajstić information content (AvgIpc) is 3.68. The quantitative estimate of drug-likeness (QED) is 0.183. The molecule has 2 amide bonds. The number of likely N-dealkylation sites (tertiary alicyclic amines) is 2. The maximum atomic E-state index is 13.8. The third kappa shape index (κ3) is 8.68. The van der Waals surface area contributed by atoms with Gasteiger partial charge in [0.05, 0.1) is 6.54 Å². The molecule has 2 heterocycles. The molecular formula is C34H60N6O4. The van der Waals surface area contributed by atoms with Gasteiger partial charge < -0.3 is 4.90 Å². The molecule has 2 saturated carbocycles. The number of nitrogens with zero attached hydrogens (tertiary/aromatic N) is 4. The van der Waals surface area contributed by atoms with Crippen LogP contribution in [-0.2, 0) is 19.2 Å². The molecule has 2 aliphatic carbocycles. The molecule has 0 aromatic heterocycles. The van der Waals surface area contributed by atoms with Crippen molar-refractivity contribution >= 4 is 23.4 Å². The second-order valence-electron chi connectivity index (χ2n) is 14.7. The van der Waals surface area contributed by atoms with Gasteiger partial charge in [-0.3, -0.25) is 34.1 Å². The Morgan fingerprint density at radius 1 is 0.750 bits per heavy atom. The van der Waals surface area contributed by atoms with E-state index >= 15 is 0 Å². The van der Waals surface area contributed by atoms with Crippen molar-refractivity contribution in [2.24, 2.45) is 47.2 Å². The highest BCUT2D eigenvalue weighted by molar-refractivity contribution is 5.90. The summed E-state index contributed by atoms with van der Waals surface area (Å²) in [4.78, 5) is 57.3. The summed E-state index contributed by atoms with van der Waals surface area (Å²) in [6.45, 7) is 12.5. The lowest BCUT2D eigenvalue weighted by molar-refractivity contribution is -0.145. The van der Waals surface area contributed by atoms with Crippen LogP contribution in [0.2, 0.25) is 0 Å². The average molecular weight is 617 g/mol. The number of Topliss-reactive ketones (excluding diaryl/α,β-unsaturated/α-hetero) is 2. The number of ketones is 2. The summed E-state index contributed by atoms with van der Waals surface area (Å²) in [5, 5.41) is 2.76. The fourth-order valence-corrected chi connectivity index (χ4v) is 8.81. The Kier molecular flexibility index (Phi) is 12.8. The Morgan fingerprint density at radius 3 is 1.98 bits per heavy atom. The van der Waals surface area contributed by atoms with Gasteiger partial charge in [0.1, 0.15) is 11.6 Å². The number of carbonyl (C=O) groups is 4. The molecule has 0 bridgehead atoms. The van der Waals surface area contributed by atoms with Crippen molar-refractivity contribution in [1.82, 2.24) is 19.8 Å². The molecule has 0 aromatic carbocycles. The molecule has 4 N–H and O–H groups in total. The van der Waals surface area contributed by atoms with E-state index in [4.69, 9.17) is 11.7 Å². The van der Waals surface area contributed by atoms with Crippen molar-refractivity contribution in [3.05, 3.63) is 0 Å². The van der Waals surface area contributed by atoms with E-state index in [-0.39, 0.29) is 53.0 Å². The van der Waals surface area contributed by atoms with E-state index in [0.717, 1.165) is 96.7 Å². The lowest BCUT2D eigenvalue weighted by atomic mass is 9.72. The minimum Gasteiger partial charge on any atom is -0.301 e. The third-order valence-corrected chi connectivity index (χ3v) is 11.3. The summed E-state index contributed by atoms with van der Waals surface area (Å²) in [6.07, 6.45) is 11.0. The first kappa shape index (κ1) is 35.0. The summed E-state index contributed by atoms with van der Waals surface area (Å²) in [5.41, 5.74) is 0. The molecule has 7 atom stereocenters. The van der Waals surface area contributed by atoms with E-state index in [1.54, 1.807) is 6.92 Å². The Balaban J connectivity index is 1.24. The van der Waals surface area contributed by atoms with Crippen LogP contribution in [-0.4, -0.2) is 94.6 Å². The first-order valence-electron chi connectivity index (χ1n) is 17.6. The molecule has 1 unspecified atom stereocenters. The summed E-state index contributed by atoms with van der Waals surface area (Å²) < 4.78 is 0. The van der Waals surface area contributed by atoms with E-state index in [1.165, 1.54) is 10.0 Å². The SMILES string of the molecule is CC(=O)[C@H]1CCCC[C@H]1C(=O)N(N)CCN1CCC(C[C@@H](C)C(=O)[C@@H]2CCCC[C@@H]2C(=O)N(N)C[C@@H]2CCCN2C(C)C)C1. The lowest BCUT2D eigenvalue weighted by Gasteiger charge is -2.36. The molecule has 4 aliphatic rings. The molecule has 10 nitrogen and oxygen atoms in total. The third-order valence-electron chi connectivity index (χ3n) is 11.3. The minimum atomic E-state index is -0.308. The number of hydrazine groups is 2. The van der Waals surface area contributed by atoms with Gasteiger partial charge in [0, 0.05) is 61.3 Å². The number of nitrogens with two attached hydrogens (primary N) is 2. The molecule has 44 heavy (non-hydrogen) atoms. The summed E-state index contributed by atoms with van der Waals surface area (Å²) in [5.74, 6) is 12.0. The van der Waals surface area contributed by atoms with Gasteiger partial charge in [0.15, 0.2) is 0 Å². The topological polar surface area (TPSA) is 133 Å². The van der Waals surface area contributed by atoms with Gasteiger partial charge in [-0.15, -0.1) is 0 Å². The van der Waals surface area contributed by atoms with Gasteiger partial charge in [-0.25, -0.2) is 11.7 Å². The minimum absolute atomic E-state index is 0.0540. The maximum Gasteiger partial charge on any atom is 0.240 e. The molecule has 4 fully saturated rings. The van der Waals surface area contributed by atoms with Crippen LogP contribution in [0.1, 0.15) is 105 Å². The van der Waals surface area contributed by atoms with Gasteiger partial charge in [0.2, 0.25) is 11.8 Å². The highest BCUT2D eigenvalue weighted by atomic mass is 16.2. The maximum absolute atomic E-state index is 13.8. The van der Waals surface area contributed by atoms with Crippen molar-refractivity contribution in [3.63, 3.8) is 0 Å². The predicted molar refractivity (Wildman–Crippen MR) is 172 cm³/mol. The lowest BCUT2D eigenvalue weighted by Crippen LogP contribution is -2.52. The standard InChI is InChI=1S/C34H60N6O4/c1-23(2)38-16-9-10-27(38)22-40(36)34(44)31-14-8-6-12-29(31)32(42)24(3)20-26-15-17-37(21-26)18-19-39(35)33(43)30-13-7-5-11-28(30)25(4)41/h23-24,26-31H,5-22,35-36H2,1-4H3/t24-,26?,27+,28-,29-,30-,31+/m1/s1. The monoisotopic (exact) mass is 616 g/mol. The molecule has 4 rings (SSSR count). The number of rotatable bonds is 13. The number of hydrogen-bond acceptors (Lipinski definition) is 8. The van der Waals surface area contributed by atoms with E-state index in [9.17, 15) is 19.2 Å². The molecule has 0 radical (unpaired) electrons. The molecule has 0 aromatic rings. The second kappa shape index (κ2) is 16.1. The summed E-state index contributed by atoms with van der Waals surface area (Å²) in [6, 6.07) is 0.723. The van der Waals surface area contributed by atoms with Crippen LogP contribution in [0.15, 0.2) is 0 Å². The second-order valence-corrected chi connectivity index (χ2v) is 14.7. The number of hydrogen-bond donors (Lipinski definition) is 2. The summed E-state index contributed by atoms with van der Waals surface area (Å²) in [7, 11) is 0. The zero-order valence-electron chi connectivity index (χ0n) is 27.9. The van der Waals surface area contributed by atoms with Crippen LogP contribution in [0.25, 0.3) is 0 Å². The van der Waals surface area contributed by atoms with Crippen LogP contribution in [0.4, 0.5) is 0 Å². The molecule has 250 valence electrons. The fourth-order valence-electron chi connectivity index (χ4n) is 8.81. The number of amides is 2. The van der Waals surface area contributed by atoms with Gasteiger partial charge in [0.25, 0.3) is 0 Å².